The van der Waals surface area contributed by atoms with Crippen LogP contribution in [0.15, 0.2) is 12.1 Å². The summed E-state index contributed by atoms with van der Waals surface area (Å²) in [5.41, 5.74) is 0.115. The maximum absolute atomic E-state index is 12.8. The fraction of sp³-hybridized carbons (Fsp3) is 0.182. The van der Waals surface area contributed by atoms with Crippen molar-refractivity contribution in [3.8, 4) is 17.9 Å². The fourth-order valence-corrected chi connectivity index (χ4v) is 0.956. The van der Waals surface area contributed by atoms with Gasteiger partial charge in [0.25, 0.3) is 0 Å². The number of hydrogen-bond acceptors (Lipinski definition) is 2. The summed E-state index contributed by atoms with van der Waals surface area (Å²) in [6.45, 7) is -0.113. The van der Waals surface area contributed by atoms with E-state index in [1.807, 2.05) is 0 Å². The monoisotopic (exact) mass is 207 g/mol. The zero-order valence-electron chi connectivity index (χ0n) is 7.72. The first-order chi connectivity index (χ1) is 7.19. The number of halogens is 2. The highest BCUT2D eigenvalue weighted by Crippen LogP contribution is 2.13. The van der Waals surface area contributed by atoms with Crippen molar-refractivity contribution in [2.45, 2.75) is 6.42 Å². The van der Waals surface area contributed by atoms with Gasteiger partial charge in [-0.1, -0.05) is 11.8 Å². The van der Waals surface area contributed by atoms with Crippen LogP contribution in [0.5, 0.6) is 0 Å². The van der Waals surface area contributed by atoms with Crippen LogP contribution in [-0.2, 0) is 0 Å². The second-order valence-electron chi connectivity index (χ2n) is 2.70. The molecule has 0 saturated carbocycles. The van der Waals surface area contributed by atoms with Gasteiger partial charge in [0.1, 0.15) is 6.07 Å². The molecule has 0 aliphatic rings. The third kappa shape index (κ3) is 2.77. The van der Waals surface area contributed by atoms with Crippen molar-refractivity contribution in [1.82, 2.24) is 0 Å². The summed E-state index contributed by atoms with van der Waals surface area (Å²) >= 11 is 0. The van der Waals surface area contributed by atoms with Crippen LogP contribution in [0.1, 0.15) is 17.5 Å². The van der Waals surface area contributed by atoms with Gasteiger partial charge in [-0.3, -0.25) is 0 Å². The molecule has 1 aromatic carbocycles. The number of nitrogens with zero attached hydrogens (tertiary/aromatic N) is 1. The maximum Gasteiger partial charge on any atom is 0.160 e. The number of nitriles is 1. The van der Waals surface area contributed by atoms with Crippen LogP contribution in [0.2, 0.25) is 0 Å². The van der Waals surface area contributed by atoms with Crippen LogP contribution in [0.25, 0.3) is 0 Å². The molecule has 4 heteroatoms. The molecule has 0 atom stereocenters. The molecule has 76 valence electrons. The highest BCUT2D eigenvalue weighted by Gasteiger charge is 2.07. The van der Waals surface area contributed by atoms with Crippen molar-refractivity contribution in [2.24, 2.45) is 0 Å². The van der Waals surface area contributed by atoms with Gasteiger partial charge >= 0.3 is 0 Å². The third-order valence-corrected chi connectivity index (χ3v) is 1.64. The normalized spacial score (nSPS) is 8.93. The minimum Gasteiger partial charge on any atom is -0.395 e. The molecule has 0 spiro atoms. The molecule has 2 nitrogen and oxygen atoms in total. The second kappa shape index (κ2) is 5.09. The number of aliphatic hydroxyl groups excluding tert-OH is 1. The molecule has 15 heavy (non-hydrogen) atoms. The molecule has 0 aliphatic heterocycles. The average molecular weight is 207 g/mol. The molecule has 1 aromatic rings. The van der Waals surface area contributed by atoms with Gasteiger partial charge in [-0.2, -0.15) is 5.26 Å². The number of aliphatic hydroxyl groups is 1. The van der Waals surface area contributed by atoms with Gasteiger partial charge in [0.05, 0.1) is 12.2 Å². The van der Waals surface area contributed by atoms with E-state index in [0.717, 1.165) is 12.1 Å². The molecular formula is C11H7F2NO. The van der Waals surface area contributed by atoms with Crippen LogP contribution in [0.4, 0.5) is 8.78 Å². The van der Waals surface area contributed by atoms with Crippen LogP contribution in [0, 0.1) is 34.8 Å². The molecule has 0 radical (unpaired) electrons. The van der Waals surface area contributed by atoms with Crippen molar-refractivity contribution in [2.75, 3.05) is 6.61 Å². The molecule has 0 saturated heterocycles. The predicted octanol–water partition coefficient (Wildman–Crippen LogP) is 1.57. The lowest BCUT2D eigenvalue weighted by atomic mass is 10.1. The average Bonchev–Trinajstić information content (AvgIpc) is 2.23. The lowest BCUT2D eigenvalue weighted by Gasteiger charge is -1.97. The first-order valence-corrected chi connectivity index (χ1v) is 4.18. The minimum atomic E-state index is -1.07. The fourth-order valence-electron chi connectivity index (χ4n) is 0.956. The van der Waals surface area contributed by atoms with Gasteiger partial charge in [-0.05, 0) is 12.1 Å². The predicted molar refractivity (Wildman–Crippen MR) is 49.7 cm³/mol. The van der Waals surface area contributed by atoms with Gasteiger partial charge in [-0.15, -0.1) is 0 Å². The first kappa shape index (κ1) is 11.2. The van der Waals surface area contributed by atoms with Crippen molar-refractivity contribution < 1.29 is 13.9 Å². The van der Waals surface area contributed by atoms with Crippen LogP contribution in [-0.4, -0.2) is 11.7 Å². The number of hydrogen-bond donors (Lipinski definition) is 1. The molecule has 0 aliphatic carbocycles. The van der Waals surface area contributed by atoms with Crippen LogP contribution in [0.3, 0.4) is 0 Å². The van der Waals surface area contributed by atoms with E-state index >= 15 is 0 Å². The molecular weight excluding hydrogens is 200 g/mol. The largest absolute Gasteiger partial charge is 0.395 e. The minimum absolute atomic E-state index is 0.0145. The Balaban J connectivity index is 3.14. The van der Waals surface area contributed by atoms with E-state index in [4.69, 9.17) is 10.4 Å². The van der Waals surface area contributed by atoms with Crippen LogP contribution >= 0.6 is 0 Å². The topological polar surface area (TPSA) is 44.0 Å². The summed E-state index contributed by atoms with van der Waals surface area (Å²) in [6, 6.07) is 3.40. The van der Waals surface area contributed by atoms with Crippen LogP contribution < -0.4 is 0 Å². The Bertz CT molecular complexity index is 466. The number of rotatable bonds is 1. The van der Waals surface area contributed by atoms with E-state index in [0.29, 0.717) is 0 Å². The van der Waals surface area contributed by atoms with Gasteiger partial charge in [-0.25, -0.2) is 8.78 Å². The molecule has 1 N–H and O–H groups in total. The first-order valence-electron chi connectivity index (χ1n) is 4.18. The Kier molecular flexibility index (Phi) is 3.79. The lowest BCUT2D eigenvalue weighted by molar-refractivity contribution is 0.305. The summed E-state index contributed by atoms with van der Waals surface area (Å²) < 4.78 is 25.5. The molecule has 0 heterocycles. The zero-order chi connectivity index (χ0) is 11.3. The highest BCUT2D eigenvalue weighted by atomic mass is 19.2. The lowest BCUT2D eigenvalue weighted by Crippen LogP contribution is -1.91. The van der Waals surface area contributed by atoms with E-state index < -0.39 is 11.6 Å². The Morgan fingerprint density at radius 3 is 2.33 bits per heavy atom. The van der Waals surface area contributed by atoms with Gasteiger partial charge in [0.15, 0.2) is 11.6 Å². The summed E-state index contributed by atoms with van der Waals surface area (Å²) in [4.78, 5) is 0. The summed E-state index contributed by atoms with van der Waals surface area (Å²) in [6.07, 6.45) is 0.226. The standard InChI is InChI=1S/C11H7F2NO/c12-10-5-8(3-1-2-4-15)9(7-14)6-11(10)13/h5-6,15H,2,4H2. The van der Waals surface area contributed by atoms with Gasteiger partial charge < -0.3 is 5.11 Å². The molecule has 0 aromatic heterocycles. The molecule has 1 rings (SSSR count). The van der Waals surface area contributed by atoms with Gasteiger partial charge in [0, 0.05) is 12.0 Å². The van der Waals surface area contributed by atoms with Crippen molar-refractivity contribution in [3.63, 3.8) is 0 Å². The quantitative estimate of drug-likeness (QED) is 0.710. The zero-order valence-corrected chi connectivity index (χ0v) is 7.72. The highest BCUT2D eigenvalue weighted by molar-refractivity contribution is 5.48. The molecule has 0 unspecified atom stereocenters. The van der Waals surface area contributed by atoms with Crippen molar-refractivity contribution in [1.29, 1.82) is 5.26 Å². The van der Waals surface area contributed by atoms with E-state index in [1.54, 1.807) is 6.07 Å². The van der Waals surface area contributed by atoms with E-state index in [1.165, 1.54) is 0 Å². The Hall–Kier alpha value is -1.91. The van der Waals surface area contributed by atoms with E-state index in [9.17, 15) is 8.78 Å². The summed E-state index contributed by atoms with van der Waals surface area (Å²) in [7, 11) is 0. The SMILES string of the molecule is N#Cc1cc(F)c(F)cc1C#CCCO. The second-order valence-corrected chi connectivity index (χ2v) is 2.70. The van der Waals surface area contributed by atoms with Gasteiger partial charge in [0.2, 0.25) is 0 Å². The Morgan fingerprint density at radius 2 is 1.80 bits per heavy atom. The maximum atomic E-state index is 12.8. The van der Waals surface area contributed by atoms with Crippen molar-refractivity contribution >= 4 is 0 Å². The van der Waals surface area contributed by atoms with Crippen molar-refractivity contribution in [3.05, 3.63) is 34.9 Å². The molecule has 0 fully saturated rings. The summed E-state index contributed by atoms with van der Waals surface area (Å²) in [5.74, 6) is 2.92. The van der Waals surface area contributed by atoms with E-state index in [-0.39, 0.29) is 24.2 Å². The third-order valence-electron chi connectivity index (χ3n) is 1.64. The smallest absolute Gasteiger partial charge is 0.160 e. The number of benzene rings is 1. The Morgan fingerprint density at radius 1 is 1.20 bits per heavy atom. The van der Waals surface area contributed by atoms with E-state index in [2.05, 4.69) is 11.8 Å². The molecule has 0 bridgehead atoms. The summed E-state index contributed by atoms with van der Waals surface area (Å²) in [5, 5.41) is 17.1. The Labute approximate surface area is 85.8 Å². The molecule has 0 amide bonds.